The van der Waals surface area contributed by atoms with Crippen molar-refractivity contribution in [3.63, 3.8) is 0 Å². The second-order valence-electron chi connectivity index (χ2n) is 5.88. The van der Waals surface area contributed by atoms with Crippen molar-refractivity contribution in [3.8, 4) is 6.07 Å². The lowest BCUT2D eigenvalue weighted by Crippen LogP contribution is -2.35. The summed E-state index contributed by atoms with van der Waals surface area (Å²) in [7, 11) is 0. The third-order valence-electron chi connectivity index (χ3n) is 4.48. The summed E-state index contributed by atoms with van der Waals surface area (Å²) in [6, 6.07) is 21.2. The van der Waals surface area contributed by atoms with Crippen molar-refractivity contribution in [3.05, 3.63) is 89.4 Å². The minimum atomic E-state index is 0.254. The molecular weight excluding hydrogens is 296 g/mol. The van der Waals surface area contributed by atoms with Crippen molar-refractivity contribution in [2.75, 3.05) is 11.4 Å². The highest BCUT2D eigenvalue weighted by atomic mass is 15.2. The molecule has 1 unspecified atom stereocenters. The molecule has 0 spiro atoms. The molecule has 0 N–H and O–H groups in total. The first kappa shape index (κ1) is 14.4. The minimum absolute atomic E-state index is 0.254. The zero-order valence-corrected chi connectivity index (χ0v) is 13.1. The molecule has 4 heteroatoms. The molecule has 1 aliphatic rings. The predicted molar refractivity (Wildman–Crippen MR) is 92.5 cm³/mol. The fraction of sp³-hybridized carbons (Fsp3) is 0.150. The standard InChI is InChI=1S/C20H16N4/c21-12-19-20(23-11-10-22-19)24-13-16-8-4-5-9-17(16)18(14-24)15-6-2-1-3-7-15/h1-11,18H,13-14H2. The van der Waals surface area contributed by atoms with Gasteiger partial charge in [0.05, 0.1) is 0 Å². The van der Waals surface area contributed by atoms with Crippen LogP contribution >= 0.6 is 0 Å². The van der Waals surface area contributed by atoms with Crippen LogP contribution in [-0.4, -0.2) is 16.5 Å². The van der Waals surface area contributed by atoms with Crippen LogP contribution in [0.5, 0.6) is 0 Å². The van der Waals surface area contributed by atoms with E-state index in [2.05, 4.69) is 69.5 Å². The van der Waals surface area contributed by atoms with E-state index in [4.69, 9.17) is 0 Å². The Bertz CT molecular complexity index is 899. The van der Waals surface area contributed by atoms with Crippen molar-refractivity contribution in [1.82, 2.24) is 9.97 Å². The average Bonchev–Trinajstić information content (AvgIpc) is 2.67. The Kier molecular flexibility index (Phi) is 3.68. The number of rotatable bonds is 2. The van der Waals surface area contributed by atoms with Crippen molar-refractivity contribution < 1.29 is 0 Å². The van der Waals surface area contributed by atoms with E-state index in [-0.39, 0.29) is 5.92 Å². The highest BCUT2D eigenvalue weighted by molar-refractivity contribution is 5.54. The van der Waals surface area contributed by atoms with Crippen LogP contribution in [0.3, 0.4) is 0 Å². The van der Waals surface area contributed by atoms with E-state index in [0.717, 1.165) is 13.1 Å². The fourth-order valence-electron chi connectivity index (χ4n) is 3.38. The van der Waals surface area contributed by atoms with Crippen molar-refractivity contribution in [2.24, 2.45) is 0 Å². The molecule has 1 atom stereocenters. The van der Waals surface area contributed by atoms with Crippen LogP contribution in [0.1, 0.15) is 28.3 Å². The first-order valence-corrected chi connectivity index (χ1v) is 7.95. The molecule has 116 valence electrons. The molecule has 2 aromatic carbocycles. The van der Waals surface area contributed by atoms with E-state index in [0.29, 0.717) is 11.5 Å². The molecule has 24 heavy (non-hydrogen) atoms. The Morgan fingerprint density at radius 3 is 2.54 bits per heavy atom. The normalized spacial score (nSPS) is 16.3. The van der Waals surface area contributed by atoms with Gasteiger partial charge in [-0.05, 0) is 16.7 Å². The highest BCUT2D eigenvalue weighted by Gasteiger charge is 2.28. The monoisotopic (exact) mass is 312 g/mol. The summed E-state index contributed by atoms with van der Waals surface area (Å²) < 4.78 is 0. The van der Waals surface area contributed by atoms with Gasteiger partial charge in [-0.25, -0.2) is 9.97 Å². The van der Waals surface area contributed by atoms with Gasteiger partial charge in [-0.2, -0.15) is 5.26 Å². The lowest BCUT2D eigenvalue weighted by Gasteiger charge is -2.35. The van der Waals surface area contributed by atoms with Crippen LogP contribution in [0.25, 0.3) is 0 Å². The second-order valence-corrected chi connectivity index (χ2v) is 5.88. The van der Waals surface area contributed by atoms with Gasteiger partial charge in [-0.15, -0.1) is 0 Å². The molecule has 4 nitrogen and oxygen atoms in total. The van der Waals surface area contributed by atoms with E-state index in [1.807, 2.05) is 6.07 Å². The number of nitrogens with zero attached hydrogens (tertiary/aromatic N) is 4. The van der Waals surface area contributed by atoms with Gasteiger partial charge in [0.25, 0.3) is 0 Å². The Balaban J connectivity index is 1.80. The van der Waals surface area contributed by atoms with Crippen molar-refractivity contribution in [1.29, 1.82) is 5.26 Å². The number of anilines is 1. The molecule has 0 saturated heterocycles. The van der Waals surface area contributed by atoms with E-state index in [1.54, 1.807) is 12.4 Å². The first-order valence-electron chi connectivity index (χ1n) is 7.95. The first-order chi connectivity index (χ1) is 11.9. The summed E-state index contributed by atoms with van der Waals surface area (Å²) in [5.74, 6) is 0.917. The molecule has 0 fully saturated rings. The maximum absolute atomic E-state index is 9.35. The van der Waals surface area contributed by atoms with Gasteiger partial charge >= 0.3 is 0 Å². The van der Waals surface area contributed by atoms with Crippen molar-refractivity contribution in [2.45, 2.75) is 12.5 Å². The summed E-state index contributed by atoms with van der Waals surface area (Å²) in [5, 5.41) is 9.35. The summed E-state index contributed by atoms with van der Waals surface area (Å²) >= 11 is 0. The quantitative estimate of drug-likeness (QED) is 0.727. The third-order valence-corrected chi connectivity index (χ3v) is 4.48. The Labute approximate surface area is 141 Å². The zero-order chi connectivity index (χ0) is 16.4. The van der Waals surface area contributed by atoms with Gasteiger partial charge in [0.1, 0.15) is 6.07 Å². The topological polar surface area (TPSA) is 52.8 Å². The maximum Gasteiger partial charge on any atom is 0.183 e. The van der Waals surface area contributed by atoms with Crippen LogP contribution in [-0.2, 0) is 6.54 Å². The number of benzene rings is 2. The average molecular weight is 312 g/mol. The van der Waals surface area contributed by atoms with Crippen LogP contribution < -0.4 is 4.90 Å². The SMILES string of the molecule is N#Cc1nccnc1N1Cc2ccccc2C(c2ccccc2)C1. The number of fused-ring (bicyclic) bond motifs is 1. The molecule has 4 rings (SSSR count). The summed E-state index contributed by atoms with van der Waals surface area (Å²) in [6.07, 6.45) is 3.21. The predicted octanol–water partition coefficient (Wildman–Crippen LogP) is 3.50. The van der Waals surface area contributed by atoms with E-state index in [1.165, 1.54) is 16.7 Å². The lowest BCUT2D eigenvalue weighted by molar-refractivity contribution is 0.655. The van der Waals surface area contributed by atoms with Gasteiger partial charge in [-0.1, -0.05) is 54.6 Å². The minimum Gasteiger partial charge on any atom is -0.349 e. The molecule has 0 bridgehead atoms. The number of hydrogen-bond donors (Lipinski definition) is 0. The molecular formula is C20H16N4. The molecule has 1 aromatic heterocycles. The van der Waals surface area contributed by atoms with E-state index < -0.39 is 0 Å². The highest BCUT2D eigenvalue weighted by Crippen LogP contribution is 2.35. The Morgan fingerprint density at radius 2 is 1.71 bits per heavy atom. The molecule has 0 aliphatic carbocycles. The summed E-state index contributed by atoms with van der Waals surface area (Å²) in [6.45, 7) is 1.53. The largest absolute Gasteiger partial charge is 0.349 e. The maximum atomic E-state index is 9.35. The van der Waals surface area contributed by atoms with Crippen LogP contribution in [0.2, 0.25) is 0 Å². The fourth-order valence-corrected chi connectivity index (χ4v) is 3.38. The van der Waals surface area contributed by atoms with Gasteiger partial charge in [-0.3, -0.25) is 0 Å². The van der Waals surface area contributed by atoms with Crippen LogP contribution in [0.4, 0.5) is 5.82 Å². The van der Waals surface area contributed by atoms with Gasteiger partial charge in [0.2, 0.25) is 0 Å². The molecule has 0 radical (unpaired) electrons. The van der Waals surface area contributed by atoms with Crippen molar-refractivity contribution >= 4 is 5.82 Å². The third kappa shape index (κ3) is 2.50. The number of nitriles is 1. The Hall–Kier alpha value is -3.19. The molecule has 2 heterocycles. The van der Waals surface area contributed by atoms with Crippen LogP contribution in [0, 0.1) is 11.3 Å². The number of hydrogen-bond acceptors (Lipinski definition) is 4. The molecule has 1 aliphatic heterocycles. The van der Waals surface area contributed by atoms with Gasteiger partial charge in [0.15, 0.2) is 11.5 Å². The molecule has 3 aromatic rings. The Morgan fingerprint density at radius 1 is 0.958 bits per heavy atom. The summed E-state index contributed by atoms with van der Waals surface area (Å²) in [4.78, 5) is 10.7. The molecule has 0 saturated carbocycles. The van der Waals surface area contributed by atoms with E-state index in [9.17, 15) is 5.26 Å². The number of aromatic nitrogens is 2. The summed E-state index contributed by atoms with van der Waals surface area (Å²) in [5.41, 5.74) is 4.27. The van der Waals surface area contributed by atoms with Gasteiger partial charge in [0, 0.05) is 31.4 Å². The van der Waals surface area contributed by atoms with E-state index >= 15 is 0 Å². The van der Waals surface area contributed by atoms with Gasteiger partial charge < -0.3 is 4.90 Å². The zero-order valence-electron chi connectivity index (χ0n) is 13.1. The molecule has 0 amide bonds. The second kappa shape index (κ2) is 6.13. The van der Waals surface area contributed by atoms with Crippen LogP contribution in [0.15, 0.2) is 67.0 Å². The smallest absolute Gasteiger partial charge is 0.183 e. The lowest BCUT2D eigenvalue weighted by atomic mass is 9.84.